The molecule has 1 aliphatic heterocycles. The van der Waals surface area contributed by atoms with Crippen LogP contribution in [0.5, 0.6) is 5.75 Å². The highest BCUT2D eigenvalue weighted by Crippen LogP contribution is 2.25. The summed E-state index contributed by atoms with van der Waals surface area (Å²) >= 11 is 0. The number of ether oxygens (including phenoxy) is 1. The number of nitrogens with zero attached hydrogens (tertiary/aromatic N) is 2. The Balaban J connectivity index is 1.69. The molecule has 30 heavy (non-hydrogen) atoms. The van der Waals surface area contributed by atoms with E-state index >= 15 is 0 Å². The van der Waals surface area contributed by atoms with Crippen LogP contribution in [0.25, 0.3) is 0 Å². The Morgan fingerprint density at radius 3 is 2.27 bits per heavy atom. The molecule has 0 aliphatic carbocycles. The number of anilines is 1. The lowest BCUT2D eigenvalue weighted by molar-refractivity contribution is -0.137. The van der Waals surface area contributed by atoms with Crippen LogP contribution in [0.15, 0.2) is 48.5 Å². The Labute approximate surface area is 174 Å². The molecule has 8 nitrogen and oxygen atoms in total. The second-order valence-corrected chi connectivity index (χ2v) is 6.83. The molecule has 0 fully saturated rings. The van der Waals surface area contributed by atoms with E-state index in [1.165, 1.54) is 18.9 Å². The van der Waals surface area contributed by atoms with E-state index in [-0.39, 0.29) is 24.2 Å². The van der Waals surface area contributed by atoms with E-state index in [1.54, 1.807) is 55.5 Å². The van der Waals surface area contributed by atoms with Crippen molar-refractivity contribution in [1.29, 1.82) is 0 Å². The quantitative estimate of drug-likeness (QED) is 0.707. The number of amides is 4. The number of benzene rings is 2. The third-order valence-corrected chi connectivity index (χ3v) is 4.95. The molecule has 0 bridgehead atoms. The summed E-state index contributed by atoms with van der Waals surface area (Å²) in [6.07, 6.45) is 0. The van der Waals surface area contributed by atoms with E-state index in [4.69, 9.17) is 4.74 Å². The van der Waals surface area contributed by atoms with Crippen molar-refractivity contribution < 1.29 is 23.9 Å². The Hall–Kier alpha value is -3.68. The van der Waals surface area contributed by atoms with E-state index in [1.807, 2.05) is 0 Å². The van der Waals surface area contributed by atoms with Gasteiger partial charge in [-0.3, -0.25) is 24.1 Å². The Morgan fingerprint density at radius 1 is 1.07 bits per heavy atom. The van der Waals surface area contributed by atoms with Gasteiger partial charge in [0.2, 0.25) is 11.8 Å². The minimum atomic E-state index is -1.03. The van der Waals surface area contributed by atoms with Crippen molar-refractivity contribution >= 4 is 29.3 Å². The maximum atomic E-state index is 13.0. The summed E-state index contributed by atoms with van der Waals surface area (Å²) in [5, 5.41) is 2.72. The molecule has 2 aromatic rings. The number of hydrogen-bond acceptors (Lipinski definition) is 5. The summed E-state index contributed by atoms with van der Waals surface area (Å²) in [4.78, 5) is 52.9. The number of carbonyl (C=O) groups is 4. The molecule has 0 spiro atoms. The highest BCUT2D eigenvalue weighted by Gasteiger charge is 2.41. The average molecular weight is 409 g/mol. The zero-order chi connectivity index (χ0) is 21.8. The van der Waals surface area contributed by atoms with Gasteiger partial charge in [0.25, 0.3) is 11.8 Å². The number of fused-ring (bicyclic) bond motifs is 1. The summed E-state index contributed by atoms with van der Waals surface area (Å²) in [7, 11) is 1.53. The van der Waals surface area contributed by atoms with Crippen LogP contribution in [-0.2, 0) is 9.59 Å². The van der Waals surface area contributed by atoms with E-state index in [0.29, 0.717) is 11.4 Å². The molecule has 1 unspecified atom stereocenters. The van der Waals surface area contributed by atoms with Gasteiger partial charge in [0.1, 0.15) is 11.8 Å². The van der Waals surface area contributed by atoms with Crippen LogP contribution in [0, 0.1) is 0 Å². The predicted molar refractivity (Wildman–Crippen MR) is 110 cm³/mol. The second-order valence-electron chi connectivity index (χ2n) is 6.83. The van der Waals surface area contributed by atoms with Crippen LogP contribution in [0.4, 0.5) is 5.69 Å². The van der Waals surface area contributed by atoms with Gasteiger partial charge < -0.3 is 15.0 Å². The first kappa shape index (κ1) is 21.0. The lowest BCUT2D eigenvalue weighted by Crippen LogP contribution is -2.51. The molecule has 1 N–H and O–H groups in total. The number of methoxy groups -OCH3 is 1. The largest absolute Gasteiger partial charge is 0.497 e. The van der Waals surface area contributed by atoms with Gasteiger partial charge in [0.15, 0.2) is 0 Å². The number of likely N-dealkylation sites (N-methyl/N-ethyl adjacent to an activating group) is 1. The third-order valence-electron chi connectivity index (χ3n) is 4.95. The fourth-order valence-corrected chi connectivity index (χ4v) is 3.35. The molecule has 8 heteroatoms. The fraction of sp³-hybridized carbons (Fsp3) is 0.273. The first-order valence-electron chi connectivity index (χ1n) is 9.57. The molecule has 1 atom stereocenters. The molecule has 156 valence electrons. The van der Waals surface area contributed by atoms with Crippen LogP contribution in [-0.4, -0.2) is 59.7 Å². The summed E-state index contributed by atoms with van der Waals surface area (Å²) < 4.78 is 5.13. The highest BCUT2D eigenvalue weighted by molar-refractivity contribution is 6.22. The van der Waals surface area contributed by atoms with E-state index in [2.05, 4.69) is 5.32 Å². The molecule has 0 aromatic heterocycles. The summed E-state index contributed by atoms with van der Waals surface area (Å²) in [5.41, 5.74) is 1.10. The molecule has 1 aliphatic rings. The monoisotopic (exact) mass is 409 g/mol. The average Bonchev–Trinajstić information content (AvgIpc) is 3.01. The smallest absolute Gasteiger partial charge is 0.262 e. The maximum absolute atomic E-state index is 13.0. The number of carbonyl (C=O) groups excluding carboxylic acids is 4. The molecule has 0 saturated carbocycles. The number of imide groups is 1. The normalized spacial score (nSPS) is 13.6. The van der Waals surface area contributed by atoms with E-state index in [0.717, 1.165) is 4.90 Å². The minimum Gasteiger partial charge on any atom is -0.497 e. The third kappa shape index (κ3) is 4.03. The molecule has 0 saturated heterocycles. The van der Waals surface area contributed by atoms with Gasteiger partial charge in [-0.1, -0.05) is 18.2 Å². The van der Waals surface area contributed by atoms with E-state index in [9.17, 15) is 19.2 Å². The van der Waals surface area contributed by atoms with Gasteiger partial charge in [-0.05, 0) is 38.1 Å². The van der Waals surface area contributed by atoms with Crippen LogP contribution in [0.2, 0.25) is 0 Å². The first-order valence-corrected chi connectivity index (χ1v) is 9.57. The van der Waals surface area contributed by atoms with Crippen LogP contribution in [0.1, 0.15) is 34.6 Å². The van der Waals surface area contributed by atoms with Crippen molar-refractivity contribution in [1.82, 2.24) is 9.80 Å². The molecule has 4 amide bonds. The van der Waals surface area contributed by atoms with Crippen LogP contribution < -0.4 is 10.1 Å². The standard InChI is InChI=1S/C22H23N3O5/c1-4-24(13-19(26)23-15-8-7-9-16(12-15)30-3)20(27)14(2)25-21(28)17-10-5-6-11-18(17)22(25)29/h5-12,14H,4,13H2,1-3H3,(H,23,26). The molecule has 3 rings (SSSR count). The van der Waals surface area contributed by atoms with Crippen molar-refractivity contribution in [3.05, 3.63) is 59.7 Å². The van der Waals surface area contributed by atoms with Crippen LogP contribution >= 0.6 is 0 Å². The first-order chi connectivity index (χ1) is 14.4. The summed E-state index contributed by atoms with van der Waals surface area (Å²) in [6, 6.07) is 12.3. The van der Waals surface area contributed by atoms with Gasteiger partial charge in [-0.2, -0.15) is 0 Å². The zero-order valence-electron chi connectivity index (χ0n) is 17.0. The van der Waals surface area contributed by atoms with Gasteiger partial charge in [0, 0.05) is 18.3 Å². The Morgan fingerprint density at radius 2 is 1.70 bits per heavy atom. The zero-order valence-corrected chi connectivity index (χ0v) is 17.0. The number of hydrogen-bond donors (Lipinski definition) is 1. The second kappa shape index (κ2) is 8.77. The molecule has 0 radical (unpaired) electrons. The predicted octanol–water partition coefficient (Wildman–Crippen LogP) is 2.17. The summed E-state index contributed by atoms with van der Waals surface area (Å²) in [6.45, 7) is 3.26. The van der Waals surface area contributed by atoms with Crippen molar-refractivity contribution in [2.75, 3.05) is 25.5 Å². The molecular formula is C22H23N3O5. The summed E-state index contributed by atoms with van der Waals surface area (Å²) in [5.74, 6) is -1.29. The number of rotatable bonds is 7. The maximum Gasteiger partial charge on any atom is 0.262 e. The van der Waals surface area contributed by atoms with Crippen molar-refractivity contribution in [3.63, 3.8) is 0 Å². The van der Waals surface area contributed by atoms with Crippen molar-refractivity contribution in [3.8, 4) is 5.75 Å². The van der Waals surface area contributed by atoms with Crippen molar-refractivity contribution in [2.45, 2.75) is 19.9 Å². The van der Waals surface area contributed by atoms with Gasteiger partial charge in [-0.25, -0.2) is 0 Å². The van der Waals surface area contributed by atoms with Gasteiger partial charge in [0.05, 0.1) is 24.8 Å². The van der Waals surface area contributed by atoms with Gasteiger partial charge >= 0.3 is 0 Å². The Kier molecular flexibility index (Phi) is 6.15. The lowest BCUT2D eigenvalue weighted by Gasteiger charge is -2.28. The van der Waals surface area contributed by atoms with Crippen molar-refractivity contribution in [2.24, 2.45) is 0 Å². The van der Waals surface area contributed by atoms with E-state index < -0.39 is 29.7 Å². The highest BCUT2D eigenvalue weighted by atomic mass is 16.5. The van der Waals surface area contributed by atoms with Crippen LogP contribution in [0.3, 0.4) is 0 Å². The van der Waals surface area contributed by atoms with Gasteiger partial charge in [-0.15, -0.1) is 0 Å². The fourth-order valence-electron chi connectivity index (χ4n) is 3.35. The molecule has 2 aromatic carbocycles. The SMILES string of the molecule is CCN(CC(=O)Nc1cccc(OC)c1)C(=O)C(C)N1C(=O)c2ccccc2C1=O. The Bertz CT molecular complexity index is 969. The lowest BCUT2D eigenvalue weighted by atomic mass is 10.1. The minimum absolute atomic E-state index is 0.208. The molecule has 1 heterocycles. The number of nitrogens with one attached hydrogen (secondary N) is 1. The topological polar surface area (TPSA) is 96.0 Å². The molecular weight excluding hydrogens is 386 g/mol.